The molecule has 1 saturated heterocycles. The van der Waals surface area contributed by atoms with Gasteiger partial charge in [0.15, 0.2) is 0 Å². The summed E-state index contributed by atoms with van der Waals surface area (Å²) in [6.07, 6.45) is 29.0. The number of nitrogens with one attached hydrogen (secondary N) is 2. The van der Waals surface area contributed by atoms with Gasteiger partial charge in [0, 0.05) is 13.0 Å². The molecule has 0 aliphatic carbocycles. The first kappa shape index (κ1) is 24.6. The number of carbonyl (C=O) groups excluding carboxylic acids is 2. The lowest BCUT2D eigenvalue weighted by Crippen LogP contribution is -2.32. The number of unbranched alkanes of at least 4 members (excludes halogenated alkanes) is 1. The van der Waals surface area contributed by atoms with Gasteiger partial charge >= 0.3 is 0 Å². The normalized spacial score (nSPS) is 17.6. The first-order valence-electron chi connectivity index (χ1n) is 10.7. The monoisotopic (exact) mass is 400 g/mol. The van der Waals surface area contributed by atoms with Crippen molar-refractivity contribution in [3.63, 3.8) is 0 Å². The van der Waals surface area contributed by atoms with Crippen LogP contribution < -0.4 is 10.8 Å². The fraction of sp³-hybridized carbons (Fsp3) is 0.500. The van der Waals surface area contributed by atoms with Gasteiger partial charge in [-0.05, 0) is 44.9 Å². The van der Waals surface area contributed by atoms with Crippen LogP contribution in [0.4, 0.5) is 0 Å². The molecule has 1 unspecified atom stereocenters. The van der Waals surface area contributed by atoms with E-state index in [4.69, 9.17) is 4.84 Å². The van der Waals surface area contributed by atoms with Crippen LogP contribution in [0.25, 0.3) is 0 Å². The van der Waals surface area contributed by atoms with Crippen molar-refractivity contribution >= 4 is 11.8 Å². The number of hydrogen-bond donors (Lipinski definition) is 2. The lowest BCUT2D eigenvalue weighted by Gasteiger charge is -2.08. The third-order valence-electron chi connectivity index (χ3n) is 4.21. The van der Waals surface area contributed by atoms with Crippen LogP contribution in [0, 0.1) is 0 Å². The van der Waals surface area contributed by atoms with Gasteiger partial charge in [0.05, 0.1) is 6.42 Å². The zero-order valence-corrected chi connectivity index (χ0v) is 17.6. The highest BCUT2D eigenvalue weighted by Gasteiger charge is 2.22. The van der Waals surface area contributed by atoms with Gasteiger partial charge in [-0.25, -0.2) is 5.48 Å². The number of hydroxylamine groups is 1. The summed E-state index contributed by atoms with van der Waals surface area (Å²) in [6, 6.07) is 0. The van der Waals surface area contributed by atoms with E-state index in [0.717, 1.165) is 44.9 Å². The molecular weight excluding hydrogens is 364 g/mol. The summed E-state index contributed by atoms with van der Waals surface area (Å²) in [6.45, 7) is 2.52. The van der Waals surface area contributed by atoms with Crippen LogP contribution in [-0.2, 0) is 14.4 Å². The average molecular weight is 401 g/mol. The minimum atomic E-state index is -0.252. The fourth-order valence-electron chi connectivity index (χ4n) is 2.62. The summed E-state index contributed by atoms with van der Waals surface area (Å²) in [5.41, 5.74) is 2.28. The van der Waals surface area contributed by atoms with Gasteiger partial charge in [-0.2, -0.15) is 0 Å². The van der Waals surface area contributed by atoms with E-state index >= 15 is 0 Å². The Morgan fingerprint density at radius 1 is 0.966 bits per heavy atom. The molecule has 1 rings (SSSR count). The second kappa shape index (κ2) is 17.7. The lowest BCUT2D eigenvalue weighted by atomic mass is 10.2. The van der Waals surface area contributed by atoms with Gasteiger partial charge in [-0.1, -0.05) is 67.7 Å². The molecule has 0 aromatic rings. The van der Waals surface area contributed by atoms with Crippen molar-refractivity contribution in [1.29, 1.82) is 0 Å². The van der Waals surface area contributed by atoms with Gasteiger partial charge in [-0.15, -0.1) is 0 Å². The molecule has 0 aromatic heterocycles. The largest absolute Gasteiger partial charge is 0.353 e. The predicted octanol–water partition coefficient (Wildman–Crippen LogP) is 4.84. The van der Waals surface area contributed by atoms with Crippen LogP contribution in [0.1, 0.15) is 64.7 Å². The number of hydrogen-bond acceptors (Lipinski definition) is 3. The molecule has 0 aromatic carbocycles. The van der Waals surface area contributed by atoms with E-state index in [0.29, 0.717) is 19.4 Å². The van der Waals surface area contributed by atoms with Crippen LogP contribution in [0.15, 0.2) is 60.8 Å². The van der Waals surface area contributed by atoms with Crippen molar-refractivity contribution in [3.8, 4) is 0 Å². The smallest absolute Gasteiger partial charge is 0.246 e. The van der Waals surface area contributed by atoms with E-state index in [1.54, 1.807) is 0 Å². The molecule has 0 radical (unpaired) electrons. The molecular formula is C24H36N2O3. The van der Waals surface area contributed by atoms with Crippen molar-refractivity contribution in [3.05, 3.63) is 60.8 Å². The van der Waals surface area contributed by atoms with Gasteiger partial charge in [0.1, 0.15) is 6.10 Å². The SMILES string of the molecule is CC/C=C/C/C=C/C/C=C/C/C=C/C/C=C/CCCC(=O)NCC1CC(=O)NO1. The predicted molar refractivity (Wildman–Crippen MR) is 119 cm³/mol. The number of carbonyl (C=O) groups is 2. The Morgan fingerprint density at radius 3 is 2.03 bits per heavy atom. The summed E-state index contributed by atoms with van der Waals surface area (Å²) in [5, 5.41) is 2.79. The topological polar surface area (TPSA) is 67.4 Å². The number of amides is 2. The van der Waals surface area contributed by atoms with Gasteiger partial charge in [0.25, 0.3) is 0 Å². The molecule has 0 saturated carbocycles. The van der Waals surface area contributed by atoms with E-state index in [-0.39, 0.29) is 17.9 Å². The van der Waals surface area contributed by atoms with Crippen LogP contribution in [0.5, 0.6) is 0 Å². The second-order valence-corrected chi connectivity index (χ2v) is 6.87. The molecule has 1 aliphatic rings. The maximum Gasteiger partial charge on any atom is 0.246 e. The zero-order valence-electron chi connectivity index (χ0n) is 17.6. The summed E-state index contributed by atoms with van der Waals surface area (Å²) in [7, 11) is 0. The average Bonchev–Trinajstić information content (AvgIpc) is 3.14. The maximum absolute atomic E-state index is 11.7. The molecule has 1 fully saturated rings. The molecule has 5 heteroatoms. The van der Waals surface area contributed by atoms with E-state index < -0.39 is 0 Å². The molecule has 2 N–H and O–H groups in total. The Balaban J connectivity index is 1.92. The van der Waals surface area contributed by atoms with Crippen LogP contribution >= 0.6 is 0 Å². The molecule has 1 atom stereocenters. The minimum absolute atomic E-state index is 0.000279. The standard InChI is InChI=1S/C24H36N2O3/c1-2-3-4-5-6-7-8-9-10-11-12-13-14-15-16-17-18-19-23(27)25-21-22-20-24(28)26-29-22/h3-4,6-7,9-10,12-13,15-16,22H,2,5,8,11,14,17-21H2,1H3,(H,25,27)(H,26,28)/b4-3+,7-6+,10-9+,13-12+,16-15+. The van der Waals surface area contributed by atoms with Crippen molar-refractivity contribution in [1.82, 2.24) is 10.8 Å². The first-order chi connectivity index (χ1) is 14.2. The molecule has 29 heavy (non-hydrogen) atoms. The van der Waals surface area contributed by atoms with Crippen LogP contribution in [0.2, 0.25) is 0 Å². The summed E-state index contributed by atoms with van der Waals surface area (Å²) in [4.78, 5) is 27.7. The summed E-state index contributed by atoms with van der Waals surface area (Å²) < 4.78 is 0. The van der Waals surface area contributed by atoms with Crippen molar-refractivity contribution in [2.45, 2.75) is 70.8 Å². The van der Waals surface area contributed by atoms with Crippen molar-refractivity contribution < 1.29 is 14.4 Å². The highest BCUT2D eigenvalue weighted by Crippen LogP contribution is 2.04. The third kappa shape index (κ3) is 15.2. The van der Waals surface area contributed by atoms with E-state index in [9.17, 15) is 9.59 Å². The highest BCUT2D eigenvalue weighted by atomic mass is 16.7. The fourth-order valence-corrected chi connectivity index (χ4v) is 2.62. The van der Waals surface area contributed by atoms with E-state index in [2.05, 4.69) is 78.5 Å². The Bertz CT molecular complexity index is 603. The van der Waals surface area contributed by atoms with Gasteiger partial charge in [-0.3, -0.25) is 14.4 Å². The van der Waals surface area contributed by atoms with Gasteiger partial charge < -0.3 is 5.32 Å². The van der Waals surface area contributed by atoms with E-state index in [1.165, 1.54) is 0 Å². The van der Waals surface area contributed by atoms with Crippen LogP contribution in [-0.4, -0.2) is 24.5 Å². The summed E-state index contributed by atoms with van der Waals surface area (Å²) in [5.74, 6) is -0.136. The minimum Gasteiger partial charge on any atom is -0.353 e. The van der Waals surface area contributed by atoms with Crippen molar-refractivity contribution in [2.24, 2.45) is 0 Å². The van der Waals surface area contributed by atoms with Crippen molar-refractivity contribution in [2.75, 3.05) is 6.54 Å². The van der Waals surface area contributed by atoms with E-state index in [1.807, 2.05) is 0 Å². The molecule has 5 nitrogen and oxygen atoms in total. The Labute approximate surface area is 175 Å². The second-order valence-electron chi connectivity index (χ2n) is 6.87. The number of allylic oxidation sites excluding steroid dienone is 10. The Kier molecular flexibility index (Phi) is 15.0. The lowest BCUT2D eigenvalue weighted by molar-refractivity contribution is -0.124. The molecule has 1 heterocycles. The molecule has 0 spiro atoms. The molecule has 160 valence electrons. The van der Waals surface area contributed by atoms with Crippen LogP contribution in [0.3, 0.4) is 0 Å². The molecule has 0 bridgehead atoms. The Morgan fingerprint density at radius 2 is 1.52 bits per heavy atom. The zero-order chi connectivity index (χ0) is 21.0. The summed E-state index contributed by atoms with van der Waals surface area (Å²) >= 11 is 0. The first-order valence-corrected chi connectivity index (χ1v) is 10.7. The maximum atomic E-state index is 11.7. The quantitative estimate of drug-likeness (QED) is 0.305. The number of rotatable bonds is 15. The molecule has 1 aliphatic heterocycles. The molecule has 2 amide bonds. The van der Waals surface area contributed by atoms with Gasteiger partial charge in [0.2, 0.25) is 11.8 Å². The third-order valence-corrected chi connectivity index (χ3v) is 4.21. The Hall–Kier alpha value is -2.40. The highest BCUT2D eigenvalue weighted by molar-refractivity contribution is 5.78.